The van der Waals surface area contributed by atoms with E-state index >= 15 is 0 Å². The fourth-order valence-electron chi connectivity index (χ4n) is 5.44. The zero-order valence-corrected chi connectivity index (χ0v) is 24.8. The van der Waals surface area contributed by atoms with Gasteiger partial charge in [0, 0.05) is 69.0 Å². The van der Waals surface area contributed by atoms with Crippen LogP contribution in [0.2, 0.25) is 15.1 Å². The van der Waals surface area contributed by atoms with Gasteiger partial charge in [0.15, 0.2) is 0 Å². The van der Waals surface area contributed by atoms with Crippen molar-refractivity contribution in [2.45, 2.75) is 26.3 Å². The maximum Gasteiger partial charge on any atom is 0.259 e. The molecule has 212 valence electrons. The van der Waals surface area contributed by atoms with Crippen LogP contribution < -0.4 is 15.6 Å². The Morgan fingerprint density at radius 1 is 0.925 bits per heavy atom. The Bertz CT molecular complexity index is 1510. The molecule has 0 atom stereocenters. The van der Waals surface area contributed by atoms with Crippen molar-refractivity contribution in [1.29, 1.82) is 0 Å². The predicted octanol–water partition coefficient (Wildman–Crippen LogP) is 5.22. The number of carbonyl (C=O) groups is 2. The number of piperidine rings is 1. The number of aryl methyl sites for hydroxylation is 1. The fourth-order valence-corrected chi connectivity index (χ4v) is 6.02. The molecule has 2 amide bonds. The number of hydrogen-bond acceptors (Lipinski definition) is 5. The molecule has 0 bridgehead atoms. The van der Waals surface area contributed by atoms with Crippen LogP contribution in [0.25, 0.3) is 10.9 Å². The monoisotopic (exact) mass is 603 g/mol. The minimum atomic E-state index is -0.323. The van der Waals surface area contributed by atoms with Crippen molar-refractivity contribution in [3.05, 3.63) is 67.4 Å². The van der Waals surface area contributed by atoms with Crippen molar-refractivity contribution in [2.24, 2.45) is 5.92 Å². The molecule has 1 N–H and O–H groups in total. The summed E-state index contributed by atoms with van der Waals surface area (Å²) in [5, 5.41) is 4.61. The second-order valence-electron chi connectivity index (χ2n) is 10.5. The van der Waals surface area contributed by atoms with Gasteiger partial charge in [-0.1, -0.05) is 34.8 Å². The molecule has 2 aliphatic rings. The zero-order valence-electron chi connectivity index (χ0n) is 22.6. The number of pyridine rings is 1. The number of nitrogens with one attached hydrogen (secondary N) is 1. The summed E-state index contributed by atoms with van der Waals surface area (Å²) in [5.74, 6) is -0.707. The molecule has 0 radical (unpaired) electrons. The lowest BCUT2D eigenvalue weighted by Gasteiger charge is -2.34. The molecule has 0 saturated carbocycles. The van der Waals surface area contributed by atoms with Crippen LogP contribution in [-0.4, -0.2) is 72.5 Å². The lowest BCUT2D eigenvalue weighted by atomic mass is 9.95. The summed E-state index contributed by atoms with van der Waals surface area (Å²) in [4.78, 5) is 46.1. The molecule has 11 heteroatoms. The minimum Gasteiger partial charge on any atom is -0.368 e. The van der Waals surface area contributed by atoms with Gasteiger partial charge in [0.2, 0.25) is 11.3 Å². The third-order valence-corrected chi connectivity index (χ3v) is 8.95. The van der Waals surface area contributed by atoms with E-state index in [9.17, 15) is 14.4 Å². The van der Waals surface area contributed by atoms with E-state index in [-0.39, 0.29) is 28.7 Å². The van der Waals surface area contributed by atoms with Crippen molar-refractivity contribution in [3.63, 3.8) is 0 Å². The summed E-state index contributed by atoms with van der Waals surface area (Å²) in [5.41, 5.74) is 2.04. The van der Waals surface area contributed by atoms with Crippen molar-refractivity contribution in [2.75, 3.05) is 56.5 Å². The Kier molecular flexibility index (Phi) is 8.61. The van der Waals surface area contributed by atoms with Crippen LogP contribution in [0.3, 0.4) is 0 Å². The fraction of sp³-hybridized carbons (Fsp3) is 0.414. The molecule has 2 fully saturated rings. The molecule has 8 nitrogen and oxygen atoms in total. The predicted molar refractivity (Wildman–Crippen MR) is 162 cm³/mol. The largest absolute Gasteiger partial charge is 0.368 e. The molecule has 5 rings (SSSR count). The molecule has 0 spiro atoms. The van der Waals surface area contributed by atoms with E-state index in [1.54, 1.807) is 35.4 Å². The molecule has 3 aromatic rings. The van der Waals surface area contributed by atoms with Crippen LogP contribution in [0.4, 0.5) is 11.4 Å². The first kappa shape index (κ1) is 28.7. The summed E-state index contributed by atoms with van der Waals surface area (Å²) in [6, 6.07) is 8.62. The molecule has 2 aliphatic heterocycles. The van der Waals surface area contributed by atoms with Crippen LogP contribution in [0, 0.1) is 5.92 Å². The molecular formula is C29H32Cl3N5O3. The van der Waals surface area contributed by atoms with E-state index in [1.165, 1.54) is 0 Å². The van der Waals surface area contributed by atoms with Crippen molar-refractivity contribution >= 4 is 68.9 Å². The Hall–Kier alpha value is -2.78. The van der Waals surface area contributed by atoms with Crippen LogP contribution >= 0.6 is 34.8 Å². The van der Waals surface area contributed by atoms with Crippen LogP contribution in [0.1, 0.15) is 30.1 Å². The summed E-state index contributed by atoms with van der Waals surface area (Å²) in [6.45, 7) is 6.94. The lowest BCUT2D eigenvalue weighted by molar-refractivity contribution is -0.121. The number of anilines is 2. The number of benzene rings is 2. The quantitative estimate of drug-likeness (QED) is 0.432. The van der Waals surface area contributed by atoms with Crippen molar-refractivity contribution in [1.82, 2.24) is 14.4 Å². The van der Waals surface area contributed by atoms with E-state index in [0.29, 0.717) is 58.6 Å². The van der Waals surface area contributed by atoms with Gasteiger partial charge < -0.3 is 24.6 Å². The van der Waals surface area contributed by atoms with Crippen LogP contribution in [-0.2, 0) is 11.3 Å². The first-order chi connectivity index (χ1) is 19.2. The summed E-state index contributed by atoms with van der Waals surface area (Å²) >= 11 is 18.7. The number of rotatable bonds is 5. The SMILES string of the molecule is CCn1cc(C(=O)N2CCC(C(=O)Nc3ccc(Cl)c(Cl)c3)CC2)c(=O)c2cc(Cl)c(N3CCN(C)CC3)cc21. The van der Waals surface area contributed by atoms with Gasteiger partial charge in [0.25, 0.3) is 5.91 Å². The highest BCUT2D eigenvalue weighted by molar-refractivity contribution is 6.42. The first-order valence-corrected chi connectivity index (χ1v) is 14.6. The van der Waals surface area contributed by atoms with Crippen LogP contribution in [0.5, 0.6) is 0 Å². The van der Waals surface area contributed by atoms with Crippen molar-refractivity contribution < 1.29 is 9.59 Å². The molecule has 40 heavy (non-hydrogen) atoms. The standard InChI is InChI=1S/C29H32Cl3N5O3/c1-3-35-17-21(27(38)20-15-24(32)26(16-25(20)35)36-12-10-34(2)11-13-36)29(40)37-8-6-18(7-9-37)28(39)33-19-4-5-22(30)23(31)14-19/h4-5,14-18H,3,6-13H2,1-2H3,(H,33,39). The molecule has 3 heterocycles. The minimum absolute atomic E-state index is 0.122. The van der Waals surface area contributed by atoms with Gasteiger partial charge >= 0.3 is 0 Å². The third kappa shape index (κ3) is 5.81. The van der Waals surface area contributed by atoms with Gasteiger partial charge in [-0.3, -0.25) is 14.4 Å². The Labute approximate surface area is 248 Å². The Morgan fingerprint density at radius 3 is 2.27 bits per heavy atom. The highest BCUT2D eigenvalue weighted by Crippen LogP contribution is 2.32. The molecule has 0 aliphatic carbocycles. The van der Waals surface area contributed by atoms with E-state index < -0.39 is 0 Å². The second-order valence-corrected chi connectivity index (χ2v) is 11.7. The van der Waals surface area contributed by atoms with E-state index in [0.717, 1.165) is 37.4 Å². The summed E-state index contributed by atoms with van der Waals surface area (Å²) in [6.07, 6.45) is 2.65. The highest BCUT2D eigenvalue weighted by atomic mass is 35.5. The van der Waals surface area contributed by atoms with E-state index in [1.807, 2.05) is 17.6 Å². The number of hydrogen-bond donors (Lipinski definition) is 1. The van der Waals surface area contributed by atoms with Gasteiger partial charge in [0.1, 0.15) is 5.56 Å². The number of aromatic nitrogens is 1. The molecule has 1 aromatic heterocycles. The average molecular weight is 605 g/mol. The van der Waals surface area contributed by atoms with Gasteiger partial charge in [-0.2, -0.15) is 0 Å². The topological polar surface area (TPSA) is 77.9 Å². The highest BCUT2D eigenvalue weighted by Gasteiger charge is 2.30. The number of likely N-dealkylation sites (tertiary alicyclic amines) is 1. The number of nitrogens with zero attached hydrogens (tertiary/aromatic N) is 4. The van der Waals surface area contributed by atoms with Gasteiger partial charge in [-0.05, 0) is 57.1 Å². The number of amides is 2. The van der Waals surface area contributed by atoms with Gasteiger partial charge in [0.05, 0.1) is 26.3 Å². The summed E-state index contributed by atoms with van der Waals surface area (Å²) < 4.78 is 1.94. The number of fused-ring (bicyclic) bond motifs is 1. The third-order valence-electron chi connectivity index (χ3n) is 7.90. The molecule has 0 unspecified atom stereocenters. The first-order valence-electron chi connectivity index (χ1n) is 13.5. The molecule has 2 aromatic carbocycles. The Morgan fingerprint density at radius 2 is 1.62 bits per heavy atom. The number of halogens is 3. The number of carbonyl (C=O) groups excluding carboxylic acids is 2. The summed E-state index contributed by atoms with van der Waals surface area (Å²) in [7, 11) is 2.10. The lowest BCUT2D eigenvalue weighted by Crippen LogP contribution is -2.44. The van der Waals surface area contributed by atoms with Crippen LogP contribution in [0.15, 0.2) is 41.3 Å². The van der Waals surface area contributed by atoms with Gasteiger partial charge in [-0.15, -0.1) is 0 Å². The smallest absolute Gasteiger partial charge is 0.259 e. The molecular weight excluding hydrogens is 573 g/mol. The average Bonchev–Trinajstić information content (AvgIpc) is 2.95. The normalized spacial score (nSPS) is 16.9. The zero-order chi connectivity index (χ0) is 28.6. The maximum absolute atomic E-state index is 13.6. The van der Waals surface area contributed by atoms with Gasteiger partial charge in [-0.25, -0.2) is 0 Å². The van der Waals surface area contributed by atoms with Crippen molar-refractivity contribution in [3.8, 4) is 0 Å². The second kappa shape index (κ2) is 12.0. The number of piperazine rings is 1. The van der Waals surface area contributed by atoms with E-state index in [4.69, 9.17) is 34.8 Å². The Balaban J connectivity index is 1.32. The maximum atomic E-state index is 13.6. The molecule has 2 saturated heterocycles. The number of likely N-dealkylation sites (N-methyl/N-ethyl adjacent to an activating group) is 1. The van der Waals surface area contributed by atoms with E-state index in [2.05, 4.69) is 22.2 Å².